The quantitative estimate of drug-likeness (QED) is 0.650. The highest BCUT2D eigenvalue weighted by Crippen LogP contribution is 2.33. The summed E-state index contributed by atoms with van der Waals surface area (Å²) in [4.78, 5) is 0. The molecular weight excluding hydrogens is 192 g/mol. The summed E-state index contributed by atoms with van der Waals surface area (Å²) < 4.78 is 31.1. The Morgan fingerprint density at radius 3 is 2.86 bits per heavy atom. The van der Waals surface area contributed by atoms with Gasteiger partial charge in [-0.3, -0.25) is 0 Å². The molecule has 1 aliphatic rings. The molecule has 2 atom stereocenters. The first kappa shape index (κ1) is 9.36. The van der Waals surface area contributed by atoms with Gasteiger partial charge in [0.05, 0.1) is 11.6 Å². The summed E-state index contributed by atoms with van der Waals surface area (Å²) in [5.74, 6) is -1.84. The van der Waals surface area contributed by atoms with Gasteiger partial charge in [0.2, 0.25) is 0 Å². The van der Waals surface area contributed by atoms with Gasteiger partial charge in [0, 0.05) is 0 Å². The largest absolute Gasteiger partial charge is 0.490 e. The van der Waals surface area contributed by atoms with Gasteiger partial charge >= 0.3 is 0 Å². The second-order valence-corrected chi connectivity index (χ2v) is 3.18. The Bertz CT molecular complexity index is 370. The van der Waals surface area contributed by atoms with Gasteiger partial charge < -0.3 is 15.6 Å². The summed E-state index contributed by atoms with van der Waals surface area (Å²) in [6.07, 6.45) is -1.00. The van der Waals surface area contributed by atoms with E-state index in [4.69, 9.17) is 10.5 Å². The van der Waals surface area contributed by atoms with Gasteiger partial charge in [0.25, 0.3) is 0 Å². The molecule has 0 aliphatic carbocycles. The van der Waals surface area contributed by atoms with E-state index in [0.717, 1.165) is 6.07 Å². The summed E-state index contributed by atoms with van der Waals surface area (Å²) in [6.45, 7) is -0.000755. The van der Waals surface area contributed by atoms with E-state index < -0.39 is 23.8 Å². The number of benzene rings is 1. The molecule has 1 aromatic carbocycles. The average molecular weight is 201 g/mol. The molecule has 0 saturated heterocycles. The van der Waals surface area contributed by atoms with Crippen LogP contribution in [0, 0.1) is 11.6 Å². The van der Waals surface area contributed by atoms with Crippen molar-refractivity contribution in [3.63, 3.8) is 0 Å². The maximum atomic E-state index is 13.3. The summed E-state index contributed by atoms with van der Waals surface area (Å²) in [5, 5.41) is 9.30. The van der Waals surface area contributed by atoms with Gasteiger partial charge in [0.1, 0.15) is 18.5 Å². The van der Waals surface area contributed by atoms with E-state index in [2.05, 4.69) is 0 Å². The lowest BCUT2D eigenvalue weighted by atomic mass is 9.98. The Labute approximate surface area is 79.1 Å². The van der Waals surface area contributed by atoms with Gasteiger partial charge in [-0.05, 0) is 12.1 Å². The van der Waals surface area contributed by atoms with Crippen molar-refractivity contribution in [3.8, 4) is 5.75 Å². The normalized spacial score (nSPS) is 25.4. The molecule has 0 radical (unpaired) electrons. The molecule has 1 aliphatic heterocycles. The Balaban J connectivity index is 2.56. The molecule has 1 heterocycles. The van der Waals surface area contributed by atoms with Gasteiger partial charge in [-0.15, -0.1) is 0 Å². The van der Waals surface area contributed by atoms with Gasteiger partial charge in [0.15, 0.2) is 11.6 Å². The molecule has 5 heteroatoms. The molecule has 2 rings (SSSR count). The molecule has 1 aromatic rings. The fraction of sp³-hybridized carbons (Fsp3) is 0.333. The Hall–Kier alpha value is -1.20. The second kappa shape index (κ2) is 3.18. The van der Waals surface area contributed by atoms with Crippen LogP contribution in [-0.2, 0) is 0 Å². The van der Waals surface area contributed by atoms with Crippen LogP contribution in [0.4, 0.5) is 8.78 Å². The Morgan fingerprint density at radius 2 is 2.14 bits per heavy atom. The topological polar surface area (TPSA) is 55.5 Å². The third kappa shape index (κ3) is 1.25. The van der Waals surface area contributed by atoms with E-state index in [1.54, 1.807) is 0 Å². The highest BCUT2D eigenvalue weighted by Gasteiger charge is 2.30. The molecule has 76 valence electrons. The highest BCUT2D eigenvalue weighted by atomic mass is 19.2. The third-order valence-corrected chi connectivity index (χ3v) is 2.25. The highest BCUT2D eigenvalue weighted by molar-refractivity contribution is 5.39. The molecule has 3 N–H and O–H groups in total. The lowest BCUT2D eigenvalue weighted by molar-refractivity contribution is 0.0654. The number of hydrogen-bond acceptors (Lipinski definition) is 3. The van der Waals surface area contributed by atoms with Gasteiger partial charge in [-0.2, -0.15) is 0 Å². The van der Waals surface area contributed by atoms with Crippen LogP contribution in [0.5, 0.6) is 5.75 Å². The third-order valence-electron chi connectivity index (χ3n) is 2.25. The maximum Gasteiger partial charge on any atom is 0.167 e. The van der Waals surface area contributed by atoms with Crippen molar-refractivity contribution >= 4 is 0 Å². The molecule has 2 unspecified atom stereocenters. The summed E-state index contributed by atoms with van der Waals surface area (Å²) in [6, 6.07) is 1.34. The Kier molecular flexibility index (Phi) is 2.13. The lowest BCUT2D eigenvalue weighted by Crippen LogP contribution is -2.36. The monoisotopic (exact) mass is 201 g/mol. The molecule has 0 saturated carbocycles. The van der Waals surface area contributed by atoms with E-state index in [-0.39, 0.29) is 17.9 Å². The standard InChI is InChI=1S/C9H9F2NO2/c10-4-1-2-6-7(8(4)11)9(12)5(13)3-14-6/h1-2,5,9,13H,3,12H2. The zero-order chi connectivity index (χ0) is 10.3. The van der Waals surface area contributed by atoms with Gasteiger partial charge in [-0.1, -0.05) is 0 Å². The minimum Gasteiger partial charge on any atom is -0.490 e. The number of rotatable bonds is 0. The van der Waals surface area contributed by atoms with E-state index in [0.29, 0.717) is 0 Å². The van der Waals surface area contributed by atoms with Crippen LogP contribution in [0.25, 0.3) is 0 Å². The summed E-state index contributed by atoms with van der Waals surface area (Å²) >= 11 is 0. The number of fused-ring (bicyclic) bond motifs is 1. The first-order chi connectivity index (χ1) is 6.61. The molecule has 0 aromatic heterocycles. The minimum atomic E-state index is -1.05. The molecule has 0 spiro atoms. The van der Waals surface area contributed by atoms with Crippen LogP contribution >= 0.6 is 0 Å². The van der Waals surface area contributed by atoms with Crippen molar-refractivity contribution in [2.75, 3.05) is 6.61 Å². The van der Waals surface area contributed by atoms with Crippen LogP contribution in [-0.4, -0.2) is 17.8 Å². The number of aliphatic hydroxyl groups is 1. The van der Waals surface area contributed by atoms with Crippen molar-refractivity contribution in [3.05, 3.63) is 29.3 Å². The second-order valence-electron chi connectivity index (χ2n) is 3.18. The minimum absolute atomic E-state index is 0.000755. The average Bonchev–Trinajstić information content (AvgIpc) is 2.17. The SMILES string of the molecule is NC1c2c(ccc(F)c2F)OCC1O. The molecule has 3 nitrogen and oxygen atoms in total. The molecule has 0 amide bonds. The van der Waals surface area contributed by atoms with Crippen LogP contribution in [0.2, 0.25) is 0 Å². The summed E-state index contributed by atoms with van der Waals surface area (Å²) in [5.41, 5.74) is 5.43. The zero-order valence-corrected chi connectivity index (χ0v) is 7.21. The van der Waals surface area contributed by atoms with E-state index in [1.165, 1.54) is 6.07 Å². The smallest absolute Gasteiger partial charge is 0.167 e. The maximum absolute atomic E-state index is 13.3. The van der Waals surface area contributed by atoms with Gasteiger partial charge in [-0.25, -0.2) is 8.78 Å². The van der Waals surface area contributed by atoms with Crippen molar-refractivity contribution in [2.45, 2.75) is 12.1 Å². The molecular formula is C9H9F2NO2. The van der Waals surface area contributed by atoms with E-state index >= 15 is 0 Å². The summed E-state index contributed by atoms with van der Waals surface area (Å²) in [7, 11) is 0. The van der Waals surface area contributed by atoms with E-state index in [1.807, 2.05) is 0 Å². The molecule has 14 heavy (non-hydrogen) atoms. The first-order valence-electron chi connectivity index (χ1n) is 4.15. The predicted molar refractivity (Wildman–Crippen MR) is 44.8 cm³/mol. The van der Waals surface area contributed by atoms with Crippen molar-refractivity contribution < 1.29 is 18.6 Å². The van der Waals surface area contributed by atoms with Crippen molar-refractivity contribution in [1.82, 2.24) is 0 Å². The number of nitrogens with two attached hydrogens (primary N) is 1. The van der Waals surface area contributed by atoms with Crippen molar-refractivity contribution in [1.29, 1.82) is 0 Å². The van der Waals surface area contributed by atoms with Crippen LogP contribution in [0.15, 0.2) is 12.1 Å². The van der Waals surface area contributed by atoms with Crippen molar-refractivity contribution in [2.24, 2.45) is 5.73 Å². The zero-order valence-electron chi connectivity index (χ0n) is 7.21. The predicted octanol–water partition coefficient (Wildman–Crippen LogP) is 0.718. The van der Waals surface area contributed by atoms with E-state index in [9.17, 15) is 13.9 Å². The van der Waals surface area contributed by atoms with Crippen LogP contribution in [0.3, 0.4) is 0 Å². The number of ether oxygens (including phenoxy) is 1. The molecule has 0 bridgehead atoms. The van der Waals surface area contributed by atoms with Crippen LogP contribution in [0.1, 0.15) is 11.6 Å². The lowest BCUT2D eigenvalue weighted by Gasteiger charge is -2.27. The number of aliphatic hydroxyl groups excluding tert-OH is 1. The molecule has 0 fully saturated rings. The number of halogens is 2. The Morgan fingerprint density at radius 1 is 1.43 bits per heavy atom. The fourth-order valence-corrected chi connectivity index (χ4v) is 1.46. The fourth-order valence-electron chi connectivity index (χ4n) is 1.46. The number of hydrogen-bond donors (Lipinski definition) is 2. The first-order valence-corrected chi connectivity index (χ1v) is 4.15. The van der Waals surface area contributed by atoms with Crippen LogP contribution < -0.4 is 10.5 Å².